The van der Waals surface area contributed by atoms with Crippen molar-refractivity contribution >= 4 is 21.8 Å². The smallest absolute Gasteiger partial charge is 0.258 e. The van der Waals surface area contributed by atoms with Gasteiger partial charge in [-0.05, 0) is 18.6 Å². The third-order valence-corrected chi connectivity index (χ3v) is 2.58. The van der Waals surface area contributed by atoms with Gasteiger partial charge in [-0.3, -0.25) is 4.79 Å². The molecule has 0 heterocycles. The van der Waals surface area contributed by atoms with Crippen LogP contribution in [0.4, 0.5) is 4.39 Å². The Hall–Kier alpha value is -1.10. The number of alkyl halides is 1. The van der Waals surface area contributed by atoms with Crippen LogP contribution < -0.4 is 10.1 Å². The van der Waals surface area contributed by atoms with Gasteiger partial charge in [-0.15, -0.1) is 0 Å². The summed E-state index contributed by atoms with van der Waals surface area (Å²) >= 11 is 3.25. The highest BCUT2D eigenvalue weighted by atomic mass is 79.9. The molecular formula is C11H13BrFNO2. The summed E-state index contributed by atoms with van der Waals surface area (Å²) < 4.78 is 18.4. The standard InChI is InChI=1S/C11H13BrFNO2/c1-16-9-5-2-4-8(13)10(9)11(15)14-7-3-6-12/h2,4-5H,3,6-7H2,1H3,(H,14,15). The molecule has 1 aromatic carbocycles. The molecule has 0 aliphatic carbocycles. The minimum atomic E-state index is -0.573. The fraction of sp³-hybridized carbons (Fsp3) is 0.364. The van der Waals surface area contributed by atoms with E-state index in [9.17, 15) is 9.18 Å². The average Bonchev–Trinajstić information content (AvgIpc) is 2.28. The van der Waals surface area contributed by atoms with Gasteiger partial charge in [0.1, 0.15) is 17.1 Å². The SMILES string of the molecule is COc1cccc(F)c1C(=O)NCCCBr. The molecule has 0 unspecified atom stereocenters. The maximum absolute atomic E-state index is 13.4. The second kappa shape index (κ2) is 6.48. The van der Waals surface area contributed by atoms with E-state index in [1.807, 2.05) is 0 Å². The Morgan fingerprint density at radius 1 is 1.56 bits per heavy atom. The van der Waals surface area contributed by atoms with Crippen LogP contribution in [0.25, 0.3) is 0 Å². The van der Waals surface area contributed by atoms with Crippen LogP contribution >= 0.6 is 15.9 Å². The van der Waals surface area contributed by atoms with Crippen LogP contribution in [0.2, 0.25) is 0 Å². The van der Waals surface area contributed by atoms with Crippen LogP contribution in [0.1, 0.15) is 16.8 Å². The molecule has 1 amide bonds. The lowest BCUT2D eigenvalue weighted by molar-refractivity contribution is 0.0946. The molecule has 0 aliphatic heterocycles. The van der Waals surface area contributed by atoms with E-state index in [-0.39, 0.29) is 11.3 Å². The van der Waals surface area contributed by atoms with Crippen molar-refractivity contribution in [1.29, 1.82) is 0 Å². The summed E-state index contributed by atoms with van der Waals surface area (Å²) in [6.45, 7) is 0.502. The van der Waals surface area contributed by atoms with E-state index < -0.39 is 11.7 Å². The number of rotatable bonds is 5. The van der Waals surface area contributed by atoms with E-state index in [1.165, 1.54) is 19.2 Å². The summed E-state index contributed by atoms with van der Waals surface area (Å²) in [7, 11) is 1.41. The van der Waals surface area contributed by atoms with Crippen LogP contribution in [0.5, 0.6) is 5.75 Å². The molecule has 5 heteroatoms. The van der Waals surface area contributed by atoms with E-state index in [1.54, 1.807) is 6.07 Å². The Bertz CT molecular complexity index is 371. The van der Waals surface area contributed by atoms with Crippen molar-refractivity contribution < 1.29 is 13.9 Å². The Morgan fingerprint density at radius 2 is 2.31 bits per heavy atom. The first-order valence-electron chi connectivity index (χ1n) is 4.87. The summed E-state index contributed by atoms with van der Waals surface area (Å²) in [6.07, 6.45) is 0.794. The van der Waals surface area contributed by atoms with Crippen LogP contribution in [0.15, 0.2) is 18.2 Å². The van der Waals surface area contributed by atoms with Gasteiger partial charge >= 0.3 is 0 Å². The molecule has 0 bridgehead atoms. The Kier molecular flexibility index (Phi) is 5.25. The monoisotopic (exact) mass is 289 g/mol. The van der Waals surface area contributed by atoms with Crippen molar-refractivity contribution in [2.75, 3.05) is 19.0 Å². The molecule has 0 aliphatic rings. The number of hydrogen-bond donors (Lipinski definition) is 1. The number of nitrogens with one attached hydrogen (secondary N) is 1. The van der Waals surface area contributed by atoms with E-state index in [2.05, 4.69) is 21.2 Å². The molecule has 0 fully saturated rings. The number of amides is 1. The largest absolute Gasteiger partial charge is 0.496 e. The normalized spacial score (nSPS) is 9.94. The molecule has 16 heavy (non-hydrogen) atoms. The zero-order valence-electron chi connectivity index (χ0n) is 8.93. The fourth-order valence-electron chi connectivity index (χ4n) is 1.25. The van der Waals surface area contributed by atoms with Crippen molar-refractivity contribution in [3.8, 4) is 5.75 Å². The van der Waals surface area contributed by atoms with Crippen molar-refractivity contribution in [2.45, 2.75) is 6.42 Å². The highest BCUT2D eigenvalue weighted by molar-refractivity contribution is 9.09. The van der Waals surface area contributed by atoms with E-state index in [0.29, 0.717) is 6.54 Å². The van der Waals surface area contributed by atoms with Gasteiger partial charge < -0.3 is 10.1 Å². The highest BCUT2D eigenvalue weighted by Gasteiger charge is 2.16. The molecular weight excluding hydrogens is 277 g/mol. The van der Waals surface area contributed by atoms with Crippen LogP contribution in [-0.2, 0) is 0 Å². The molecule has 0 radical (unpaired) electrons. The number of hydrogen-bond acceptors (Lipinski definition) is 2. The minimum Gasteiger partial charge on any atom is -0.496 e. The summed E-state index contributed by atoms with van der Waals surface area (Å²) in [5.74, 6) is -0.775. The first kappa shape index (κ1) is 13.0. The lowest BCUT2D eigenvalue weighted by atomic mass is 10.1. The summed E-state index contributed by atoms with van der Waals surface area (Å²) in [5, 5.41) is 3.42. The summed E-state index contributed by atoms with van der Waals surface area (Å²) in [5.41, 5.74) is -0.0421. The number of methoxy groups -OCH3 is 1. The lowest BCUT2D eigenvalue weighted by Crippen LogP contribution is -2.26. The quantitative estimate of drug-likeness (QED) is 0.668. The van der Waals surface area contributed by atoms with E-state index in [0.717, 1.165) is 11.8 Å². The molecule has 0 atom stereocenters. The third-order valence-electron chi connectivity index (χ3n) is 2.02. The average molecular weight is 290 g/mol. The first-order valence-corrected chi connectivity index (χ1v) is 5.99. The molecule has 1 rings (SSSR count). The predicted molar refractivity (Wildman–Crippen MR) is 63.7 cm³/mol. The molecule has 3 nitrogen and oxygen atoms in total. The molecule has 0 aromatic heterocycles. The van der Waals surface area contributed by atoms with Gasteiger partial charge in [0.15, 0.2) is 0 Å². The fourth-order valence-corrected chi connectivity index (χ4v) is 1.53. The van der Waals surface area contributed by atoms with Crippen LogP contribution in [0.3, 0.4) is 0 Å². The third kappa shape index (κ3) is 3.20. The van der Waals surface area contributed by atoms with Gasteiger partial charge in [0.25, 0.3) is 5.91 Å². The molecule has 1 aromatic rings. The van der Waals surface area contributed by atoms with Gasteiger partial charge in [-0.2, -0.15) is 0 Å². The number of carbonyl (C=O) groups is 1. The van der Waals surface area contributed by atoms with Crippen molar-refractivity contribution in [3.05, 3.63) is 29.6 Å². The van der Waals surface area contributed by atoms with Gasteiger partial charge in [0.05, 0.1) is 7.11 Å². The predicted octanol–water partition coefficient (Wildman–Crippen LogP) is 2.35. The maximum Gasteiger partial charge on any atom is 0.258 e. The van der Waals surface area contributed by atoms with Gasteiger partial charge in [-0.1, -0.05) is 22.0 Å². The lowest BCUT2D eigenvalue weighted by Gasteiger charge is -2.09. The second-order valence-electron chi connectivity index (χ2n) is 3.12. The maximum atomic E-state index is 13.4. The highest BCUT2D eigenvalue weighted by Crippen LogP contribution is 2.20. The van der Waals surface area contributed by atoms with Crippen molar-refractivity contribution in [1.82, 2.24) is 5.32 Å². The number of halogens is 2. The Morgan fingerprint density at radius 3 is 2.94 bits per heavy atom. The van der Waals surface area contributed by atoms with Crippen LogP contribution in [0, 0.1) is 5.82 Å². The number of ether oxygens (including phenoxy) is 1. The van der Waals surface area contributed by atoms with Crippen molar-refractivity contribution in [2.24, 2.45) is 0 Å². The van der Waals surface area contributed by atoms with Gasteiger partial charge in [0, 0.05) is 11.9 Å². The summed E-state index contributed by atoms with van der Waals surface area (Å²) in [6, 6.07) is 4.30. The van der Waals surface area contributed by atoms with Crippen LogP contribution in [-0.4, -0.2) is 24.9 Å². The van der Waals surface area contributed by atoms with Crippen molar-refractivity contribution in [3.63, 3.8) is 0 Å². The molecule has 0 spiro atoms. The van der Waals surface area contributed by atoms with E-state index >= 15 is 0 Å². The number of benzene rings is 1. The molecule has 0 saturated carbocycles. The Balaban J connectivity index is 2.81. The van der Waals surface area contributed by atoms with Gasteiger partial charge in [0.2, 0.25) is 0 Å². The van der Waals surface area contributed by atoms with E-state index in [4.69, 9.17) is 4.74 Å². The first-order chi connectivity index (χ1) is 7.70. The summed E-state index contributed by atoms with van der Waals surface area (Å²) in [4.78, 5) is 11.7. The Labute approximate surface area is 102 Å². The van der Waals surface area contributed by atoms with Gasteiger partial charge in [-0.25, -0.2) is 4.39 Å². The number of carbonyl (C=O) groups excluding carboxylic acids is 1. The zero-order valence-corrected chi connectivity index (χ0v) is 10.5. The minimum absolute atomic E-state index is 0.0421. The second-order valence-corrected chi connectivity index (χ2v) is 3.91. The zero-order chi connectivity index (χ0) is 12.0. The molecule has 1 N–H and O–H groups in total. The molecule has 0 saturated heterocycles. The molecule has 88 valence electrons. The topological polar surface area (TPSA) is 38.3 Å².